The van der Waals surface area contributed by atoms with Gasteiger partial charge in [-0.05, 0) is 29.8 Å². The molecule has 0 spiro atoms. The summed E-state index contributed by atoms with van der Waals surface area (Å²) >= 11 is 0. The van der Waals surface area contributed by atoms with Crippen LogP contribution in [0.25, 0.3) is 16.9 Å². The van der Waals surface area contributed by atoms with Crippen molar-refractivity contribution in [2.75, 3.05) is 14.2 Å². The van der Waals surface area contributed by atoms with Crippen molar-refractivity contribution in [2.45, 2.75) is 4.90 Å². The number of carbonyl (C=O) groups excluding carboxylic acids is 1. The molecule has 0 fully saturated rings. The third kappa shape index (κ3) is 3.11. The number of pyridine rings is 1. The van der Waals surface area contributed by atoms with E-state index in [0.717, 1.165) is 15.4 Å². The van der Waals surface area contributed by atoms with Crippen molar-refractivity contribution in [1.82, 2.24) is 9.29 Å². The molecule has 2 heterocycles. The van der Waals surface area contributed by atoms with Gasteiger partial charge in [0.15, 0.2) is 5.76 Å². The Labute approximate surface area is 173 Å². The smallest absolute Gasteiger partial charge is 0.265 e. The number of sulfonamides is 1. The molecule has 152 valence electrons. The maximum atomic E-state index is 13.2. The highest BCUT2D eigenvalue weighted by molar-refractivity contribution is 7.89. The third-order valence-corrected chi connectivity index (χ3v) is 6.75. The Kier molecular flexibility index (Phi) is 4.79. The molecule has 0 amide bonds. The molecule has 0 atom stereocenters. The number of Topliss-reactive ketones (excluding diaryl/α,β-unsaturated/α-hetero) is 1. The highest BCUT2D eigenvalue weighted by atomic mass is 32.2. The van der Waals surface area contributed by atoms with Crippen molar-refractivity contribution in [1.29, 1.82) is 0 Å². The van der Waals surface area contributed by atoms with Gasteiger partial charge in [0.2, 0.25) is 11.7 Å². The van der Waals surface area contributed by atoms with Crippen LogP contribution >= 0.6 is 0 Å². The van der Waals surface area contributed by atoms with E-state index in [1.54, 1.807) is 48.7 Å². The number of aliphatic hydroxyl groups is 1. The second-order valence-electron chi connectivity index (χ2n) is 6.67. The van der Waals surface area contributed by atoms with Gasteiger partial charge in [0.05, 0.1) is 12.0 Å². The van der Waals surface area contributed by atoms with Gasteiger partial charge in [0.1, 0.15) is 5.70 Å². The Morgan fingerprint density at radius 3 is 2.50 bits per heavy atom. The molecule has 7 nitrogen and oxygen atoms in total. The number of rotatable bonds is 4. The lowest BCUT2D eigenvalue weighted by Crippen LogP contribution is -2.35. The maximum Gasteiger partial charge on any atom is 0.265 e. The first-order valence-electron chi connectivity index (χ1n) is 9.01. The summed E-state index contributed by atoms with van der Waals surface area (Å²) in [6.07, 6.45) is 1.62. The van der Waals surface area contributed by atoms with Crippen LogP contribution in [0.3, 0.4) is 0 Å². The lowest BCUT2D eigenvalue weighted by atomic mass is 9.99. The Hall–Kier alpha value is -3.65. The van der Waals surface area contributed by atoms with Crippen LogP contribution in [0.5, 0.6) is 5.88 Å². The van der Waals surface area contributed by atoms with Crippen LogP contribution < -0.4 is 4.74 Å². The van der Waals surface area contributed by atoms with Crippen LogP contribution in [0.15, 0.2) is 77.5 Å². The first-order valence-corrected chi connectivity index (χ1v) is 10.5. The molecule has 0 saturated carbocycles. The number of methoxy groups -OCH3 is 1. The zero-order valence-electron chi connectivity index (χ0n) is 16.2. The molecule has 1 aromatic heterocycles. The SMILES string of the molecule is COc1ccc(-c2cccc(C(=O)C3=C(O)c4ccccc4S(=O)(=O)N3C)c2)cn1. The van der Waals surface area contributed by atoms with Gasteiger partial charge >= 0.3 is 0 Å². The van der Waals surface area contributed by atoms with Gasteiger partial charge in [-0.15, -0.1) is 0 Å². The van der Waals surface area contributed by atoms with Crippen LogP contribution in [0.2, 0.25) is 0 Å². The van der Waals surface area contributed by atoms with E-state index in [9.17, 15) is 18.3 Å². The topological polar surface area (TPSA) is 96.8 Å². The first kappa shape index (κ1) is 19.7. The number of fused-ring (bicyclic) bond motifs is 1. The summed E-state index contributed by atoms with van der Waals surface area (Å²) in [7, 11) is -1.18. The second-order valence-corrected chi connectivity index (χ2v) is 8.60. The number of ether oxygens (including phenoxy) is 1. The second kappa shape index (κ2) is 7.31. The van der Waals surface area contributed by atoms with Crippen LogP contribution in [0.4, 0.5) is 0 Å². The number of aromatic nitrogens is 1. The molecule has 0 radical (unpaired) electrons. The van der Waals surface area contributed by atoms with Crippen molar-refractivity contribution >= 4 is 21.6 Å². The van der Waals surface area contributed by atoms with Gasteiger partial charge in [-0.1, -0.05) is 30.3 Å². The van der Waals surface area contributed by atoms with Gasteiger partial charge in [-0.25, -0.2) is 13.4 Å². The van der Waals surface area contributed by atoms with Crippen molar-refractivity contribution in [3.63, 3.8) is 0 Å². The van der Waals surface area contributed by atoms with Crippen LogP contribution in [0.1, 0.15) is 15.9 Å². The number of ketones is 1. The average Bonchev–Trinajstić information content (AvgIpc) is 2.78. The van der Waals surface area contributed by atoms with E-state index in [2.05, 4.69) is 4.98 Å². The van der Waals surface area contributed by atoms with Gasteiger partial charge in [0.25, 0.3) is 10.0 Å². The quantitative estimate of drug-likeness (QED) is 0.647. The molecule has 3 aromatic rings. The molecule has 4 rings (SSSR count). The van der Waals surface area contributed by atoms with Crippen molar-refractivity contribution in [3.8, 4) is 17.0 Å². The Morgan fingerprint density at radius 1 is 1.03 bits per heavy atom. The van der Waals surface area contributed by atoms with E-state index in [4.69, 9.17) is 4.74 Å². The molecule has 2 aromatic carbocycles. The molecular formula is C22H18N2O5S. The van der Waals surface area contributed by atoms with Crippen LogP contribution in [-0.2, 0) is 10.0 Å². The number of hydrogen-bond acceptors (Lipinski definition) is 6. The summed E-state index contributed by atoms with van der Waals surface area (Å²) in [6, 6.07) is 16.3. The highest BCUT2D eigenvalue weighted by Crippen LogP contribution is 2.36. The molecule has 0 aliphatic carbocycles. The van der Waals surface area contributed by atoms with E-state index in [-0.39, 0.29) is 27.5 Å². The van der Waals surface area contributed by atoms with Crippen molar-refractivity contribution in [3.05, 3.63) is 83.7 Å². The number of allylic oxidation sites excluding steroid dienone is 1. The summed E-state index contributed by atoms with van der Waals surface area (Å²) < 4.78 is 31.6. The Morgan fingerprint density at radius 2 is 1.80 bits per heavy atom. The lowest BCUT2D eigenvalue weighted by Gasteiger charge is -2.28. The number of likely N-dealkylation sites (N-methyl/N-ethyl adjacent to an activating group) is 1. The average molecular weight is 422 g/mol. The van der Waals surface area contributed by atoms with E-state index >= 15 is 0 Å². The number of nitrogens with zero attached hydrogens (tertiary/aromatic N) is 2. The molecule has 8 heteroatoms. The first-order chi connectivity index (χ1) is 14.3. The molecule has 1 aliphatic heterocycles. The summed E-state index contributed by atoms with van der Waals surface area (Å²) in [5, 5.41) is 10.7. The standard InChI is InChI=1S/C22H18N2O5S/c1-24-20(22(26)17-8-3-4-9-18(17)30(24,27)28)21(25)15-7-5-6-14(12-15)16-10-11-19(29-2)23-13-16/h3-13,26H,1-2H3. The normalized spacial score (nSPS) is 14.9. The lowest BCUT2D eigenvalue weighted by molar-refractivity contribution is 0.101. The molecule has 30 heavy (non-hydrogen) atoms. The fourth-order valence-corrected chi connectivity index (χ4v) is 4.73. The maximum absolute atomic E-state index is 13.2. The number of benzene rings is 2. The molecule has 0 bridgehead atoms. The zero-order valence-corrected chi connectivity index (χ0v) is 17.1. The predicted octanol–water partition coefficient (Wildman–Crippen LogP) is 3.50. The summed E-state index contributed by atoms with van der Waals surface area (Å²) in [5.74, 6) is -0.505. The minimum absolute atomic E-state index is 0.0420. The monoisotopic (exact) mass is 422 g/mol. The van der Waals surface area contributed by atoms with E-state index in [1.165, 1.54) is 26.3 Å². The molecule has 1 aliphatic rings. The molecular weight excluding hydrogens is 404 g/mol. The van der Waals surface area contributed by atoms with Gasteiger partial charge < -0.3 is 9.84 Å². The summed E-state index contributed by atoms with van der Waals surface area (Å²) in [4.78, 5) is 17.4. The minimum atomic E-state index is -3.96. The van der Waals surface area contributed by atoms with Crippen LogP contribution in [-0.4, -0.2) is 42.8 Å². The predicted molar refractivity (Wildman–Crippen MR) is 111 cm³/mol. The third-order valence-electron chi connectivity index (χ3n) is 4.94. The van der Waals surface area contributed by atoms with E-state index < -0.39 is 15.8 Å². The van der Waals surface area contributed by atoms with E-state index in [1.807, 2.05) is 6.07 Å². The molecule has 1 N–H and O–H groups in total. The largest absolute Gasteiger partial charge is 0.505 e. The van der Waals surface area contributed by atoms with Crippen molar-refractivity contribution in [2.24, 2.45) is 0 Å². The molecule has 0 saturated heterocycles. The Bertz CT molecular complexity index is 1280. The van der Waals surface area contributed by atoms with Gasteiger partial charge in [-0.3, -0.25) is 9.10 Å². The molecule has 0 unspecified atom stereocenters. The van der Waals surface area contributed by atoms with Crippen LogP contribution in [0, 0.1) is 0 Å². The zero-order chi connectivity index (χ0) is 21.5. The fraction of sp³-hybridized carbons (Fsp3) is 0.0909. The number of hydrogen-bond donors (Lipinski definition) is 1. The summed E-state index contributed by atoms with van der Waals surface area (Å²) in [5.41, 5.74) is 1.54. The van der Waals surface area contributed by atoms with Gasteiger partial charge in [0, 0.05) is 36.0 Å². The summed E-state index contributed by atoms with van der Waals surface area (Å²) in [6.45, 7) is 0. The minimum Gasteiger partial charge on any atom is -0.505 e. The van der Waals surface area contributed by atoms with Crippen molar-refractivity contribution < 1.29 is 23.1 Å². The van der Waals surface area contributed by atoms with E-state index in [0.29, 0.717) is 5.88 Å². The van der Waals surface area contributed by atoms with Gasteiger partial charge in [-0.2, -0.15) is 0 Å². The number of carbonyl (C=O) groups is 1. The Balaban J connectivity index is 1.80. The number of aliphatic hydroxyl groups excluding tert-OH is 1. The fourth-order valence-electron chi connectivity index (χ4n) is 3.33. The highest BCUT2D eigenvalue weighted by Gasteiger charge is 2.37.